The Morgan fingerprint density at radius 2 is 2.21 bits per heavy atom. The van der Waals surface area contributed by atoms with E-state index in [-0.39, 0.29) is 17.0 Å². The largest absolute Gasteiger partial charge is 0.298 e. The third-order valence-electron chi connectivity index (χ3n) is 3.95. The standard InChI is InChI=1S/C14H15N3O2/c1-14(2)4-3-9(13(14)19)12(18)10-7-16-17-6-5-15-8-11(10)17/h5-9H,3-4H2,1-2H3. The van der Waals surface area contributed by atoms with Gasteiger partial charge in [0.15, 0.2) is 5.78 Å². The summed E-state index contributed by atoms with van der Waals surface area (Å²) in [6.45, 7) is 3.81. The normalized spacial score (nSPS) is 22.0. The Bertz CT molecular complexity index is 672. The predicted octanol–water partition coefficient (Wildman–Crippen LogP) is 1.92. The summed E-state index contributed by atoms with van der Waals surface area (Å²) in [4.78, 5) is 28.8. The molecule has 0 aromatic carbocycles. The van der Waals surface area contributed by atoms with Crippen LogP contribution in [0.5, 0.6) is 0 Å². The van der Waals surface area contributed by atoms with Crippen LogP contribution in [0.4, 0.5) is 0 Å². The van der Waals surface area contributed by atoms with Crippen molar-refractivity contribution in [2.75, 3.05) is 0 Å². The van der Waals surface area contributed by atoms with Crippen LogP contribution in [-0.2, 0) is 4.79 Å². The van der Waals surface area contributed by atoms with Crippen molar-refractivity contribution in [2.24, 2.45) is 11.3 Å². The zero-order chi connectivity index (χ0) is 13.6. The number of ketones is 2. The Labute approximate surface area is 110 Å². The van der Waals surface area contributed by atoms with Crippen LogP contribution in [0.2, 0.25) is 0 Å². The molecule has 1 saturated carbocycles. The minimum Gasteiger partial charge on any atom is -0.298 e. The summed E-state index contributed by atoms with van der Waals surface area (Å²) in [7, 11) is 0. The Balaban J connectivity index is 1.99. The number of carbonyl (C=O) groups excluding carboxylic acids is 2. The van der Waals surface area contributed by atoms with Crippen LogP contribution in [0.3, 0.4) is 0 Å². The average Bonchev–Trinajstić information content (AvgIpc) is 2.92. The van der Waals surface area contributed by atoms with Crippen molar-refractivity contribution in [2.45, 2.75) is 26.7 Å². The first-order valence-electron chi connectivity index (χ1n) is 6.36. The van der Waals surface area contributed by atoms with Crippen molar-refractivity contribution in [3.05, 3.63) is 30.4 Å². The quantitative estimate of drug-likeness (QED) is 0.609. The number of aromatic nitrogens is 3. The SMILES string of the molecule is CC1(C)CCC(C(=O)c2cnn3ccncc23)C1=O. The van der Waals surface area contributed by atoms with Crippen LogP contribution in [0.1, 0.15) is 37.0 Å². The zero-order valence-electron chi connectivity index (χ0n) is 11.0. The van der Waals surface area contributed by atoms with Gasteiger partial charge < -0.3 is 0 Å². The molecule has 0 amide bonds. The van der Waals surface area contributed by atoms with E-state index in [9.17, 15) is 9.59 Å². The van der Waals surface area contributed by atoms with Gasteiger partial charge in [-0.15, -0.1) is 0 Å². The van der Waals surface area contributed by atoms with Gasteiger partial charge in [0.1, 0.15) is 5.78 Å². The minimum atomic E-state index is -0.525. The number of rotatable bonds is 2. The summed E-state index contributed by atoms with van der Waals surface area (Å²) in [5.41, 5.74) is 0.760. The molecule has 0 N–H and O–H groups in total. The number of fused-ring (bicyclic) bond motifs is 1. The maximum Gasteiger partial charge on any atom is 0.177 e. The molecule has 1 aliphatic carbocycles. The average molecular weight is 257 g/mol. The fourth-order valence-electron chi connectivity index (χ4n) is 2.69. The molecule has 0 saturated heterocycles. The second kappa shape index (κ2) is 3.98. The van der Waals surface area contributed by atoms with E-state index in [4.69, 9.17) is 0 Å². The lowest BCUT2D eigenvalue weighted by Crippen LogP contribution is -2.26. The van der Waals surface area contributed by atoms with Gasteiger partial charge in [-0.1, -0.05) is 13.8 Å². The molecule has 1 unspecified atom stereocenters. The van der Waals surface area contributed by atoms with Gasteiger partial charge in [0.2, 0.25) is 0 Å². The molecule has 5 heteroatoms. The molecule has 0 bridgehead atoms. The highest BCUT2D eigenvalue weighted by Gasteiger charge is 2.44. The third-order valence-corrected chi connectivity index (χ3v) is 3.95. The fourth-order valence-corrected chi connectivity index (χ4v) is 2.69. The Morgan fingerprint density at radius 3 is 2.89 bits per heavy atom. The maximum atomic E-state index is 12.5. The minimum absolute atomic E-state index is 0.0424. The molecular formula is C14H15N3O2. The highest BCUT2D eigenvalue weighted by Crippen LogP contribution is 2.39. The van der Waals surface area contributed by atoms with Gasteiger partial charge in [-0.2, -0.15) is 5.10 Å². The zero-order valence-corrected chi connectivity index (χ0v) is 11.0. The van der Waals surface area contributed by atoms with Crippen LogP contribution >= 0.6 is 0 Å². The molecule has 0 aliphatic heterocycles. The van der Waals surface area contributed by atoms with Crippen LogP contribution in [-0.4, -0.2) is 26.2 Å². The molecule has 1 fully saturated rings. The van der Waals surface area contributed by atoms with E-state index < -0.39 is 5.92 Å². The van der Waals surface area contributed by atoms with Crippen LogP contribution in [0.25, 0.3) is 5.52 Å². The van der Waals surface area contributed by atoms with Crippen molar-refractivity contribution in [3.8, 4) is 0 Å². The van der Waals surface area contributed by atoms with Gasteiger partial charge in [0.05, 0.1) is 29.4 Å². The van der Waals surface area contributed by atoms with Gasteiger partial charge in [-0.25, -0.2) is 4.52 Å². The number of Topliss-reactive ketones (excluding diaryl/α,β-unsaturated/α-hetero) is 2. The third kappa shape index (κ3) is 1.77. The first kappa shape index (κ1) is 12.0. The summed E-state index contributed by atoms with van der Waals surface area (Å²) in [6.07, 6.45) is 7.81. The van der Waals surface area contributed by atoms with Crippen LogP contribution in [0, 0.1) is 11.3 Å². The van der Waals surface area contributed by atoms with E-state index in [2.05, 4.69) is 10.1 Å². The van der Waals surface area contributed by atoms with Crippen molar-refractivity contribution < 1.29 is 9.59 Å². The molecule has 0 radical (unpaired) electrons. The number of hydrogen-bond acceptors (Lipinski definition) is 4. The predicted molar refractivity (Wildman–Crippen MR) is 68.8 cm³/mol. The molecule has 1 atom stereocenters. The fraction of sp³-hybridized carbons (Fsp3) is 0.429. The van der Waals surface area contributed by atoms with Gasteiger partial charge >= 0.3 is 0 Å². The van der Waals surface area contributed by atoms with Crippen molar-refractivity contribution >= 4 is 17.1 Å². The van der Waals surface area contributed by atoms with Crippen molar-refractivity contribution in [3.63, 3.8) is 0 Å². The van der Waals surface area contributed by atoms with Crippen LogP contribution in [0.15, 0.2) is 24.8 Å². The van der Waals surface area contributed by atoms with Gasteiger partial charge in [0.25, 0.3) is 0 Å². The molecule has 98 valence electrons. The maximum absolute atomic E-state index is 12.5. The summed E-state index contributed by atoms with van der Waals surface area (Å²) in [5.74, 6) is -0.609. The van der Waals surface area contributed by atoms with E-state index in [1.807, 2.05) is 13.8 Å². The molecule has 0 spiro atoms. The highest BCUT2D eigenvalue weighted by molar-refractivity contribution is 6.15. The topological polar surface area (TPSA) is 64.3 Å². The number of hydrogen-bond donors (Lipinski definition) is 0. The Kier molecular flexibility index (Phi) is 2.52. The van der Waals surface area contributed by atoms with E-state index >= 15 is 0 Å². The summed E-state index contributed by atoms with van der Waals surface area (Å²) < 4.78 is 1.60. The van der Waals surface area contributed by atoms with Gasteiger partial charge in [0, 0.05) is 17.8 Å². The summed E-state index contributed by atoms with van der Waals surface area (Å²) in [5, 5.41) is 4.12. The van der Waals surface area contributed by atoms with E-state index in [1.165, 1.54) is 6.20 Å². The van der Waals surface area contributed by atoms with Gasteiger partial charge in [-0.05, 0) is 12.8 Å². The molecule has 2 aromatic heterocycles. The van der Waals surface area contributed by atoms with E-state index in [1.54, 1.807) is 23.1 Å². The smallest absolute Gasteiger partial charge is 0.177 e. The summed E-state index contributed by atoms with van der Waals surface area (Å²) in [6, 6.07) is 0. The second-order valence-corrected chi connectivity index (χ2v) is 5.67. The van der Waals surface area contributed by atoms with Crippen molar-refractivity contribution in [1.29, 1.82) is 0 Å². The van der Waals surface area contributed by atoms with E-state index in [0.717, 1.165) is 6.42 Å². The second-order valence-electron chi connectivity index (χ2n) is 5.67. The molecule has 19 heavy (non-hydrogen) atoms. The molecule has 3 rings (SSSR count). The van der Waals surface area contributed by atoms with E-state index in [0.29, 0.717) is 17.5 Å². The molecule has 2 heterocycles. The molecule has 1 aliphatic rings. The monoisotopic (exact) mass is 257 g/mol. The Hall–Kier alpha value is -2.04. The Morgan fingerprint density at radius 1 is 1.42 bits per heavy atom. The molecule has 5 nitrogen and oxygen atoms in total. The lowest BCUT2D eigenvalue weighted by molar-refractivity contribution is -0.126. The summed E-state index contributed by atoms with van der Waals surface area (Å²) >= 11 is 0. The number of nitrogens with zero attached hydrogens (tertiary/aromatic N) is 3. The van der Waals surface area contributed by atoms with Gasteiger partial charge in [-0.3, -0.25) is 14.6 Å². The number of carbonyl (C=O) groups is 2. The molecule has 2 aromatic rings. The first-order chi connectivity index (χ1) is 9.00. The van der Waals surface area contributed by atoms with Crippen molar-refractivity contribution in [1.82, 2.24) is 14.6 Å². The lowest BCUT2D eigenvalue weighted by atomic mass is 9.87. The van der Waals surface area contributed by atoms with Crippen LogP contribution < -0.4 is 0 Å². The first-order valence-corrected chi connectivity index (χ1v) is 6.36. The molecular weight excluding hydrogens is 242 g/mol. The lowest BCUT2D eigenvalue weighted by Gasteiger charge is -2.14. The highest BCUT2D eigenvalue weighted by atomic mass is 16.2.